The van der Waals surface area contributed by atoms with E-state index in [0.29, 0.717) is 24.1 Å². The van der Waals surface area contributed by atoms with E-state index in [1.807, 2.05) is 25.9 Å². The van der Waals surface area contributed by atoms with Crippen molar-refractivity contribution >= 4 is 29.6 Å². The van der Waals surface area contributed by atoms with E-state index in [-0.39, 0.29) is 37.4 Å². The van der Waals surface area contributed by atoms with Crippen molar-refractivity contribution in [2.24, 2.45) is 23.7 Å². The molecule has 5 rings (SSSR count). The van der Waals surface area contributed by atoms with E-state index in [1.165, 1.54) is 6.92 Å². The third-order valence-corrected chi connectivity index (χ3v) is 12.2. The van der Waals surface area contributed by atoms with Crippen LogP contribution in [-0.2, 0) is 49.2 Å². The molecule has 60 heavy (non-hydrogen) atoms. The summed E-state index contributed by atoms with van der Waals surface area (Å²) >= 11 is 0. The van der Waals surface area contributed by atoms with Gasteiger partial charge in [-0.2, -0.15) is 0 Å². The lowest BCUT2D eigenvalue weighted by Gasteiger charge is -2.48. The molecule has 326 valence electrons. The van der Waals surface area contributed by atoms with Crippen LogP contribution in [0.25, 0.3) is 0 Å². The third-order valence-electron chi connectivity index (χ3n) is 12.2. The first-order valence-electron chi connectivity index (χ1n) is 20.8. The molecule has 1 N–H and O–H groups in total. The molecule has 3 saturated heterocycles. The minimum absolute atomic E-state index is 0.0203. The monoisotopic (exact) mass is 832 g/mol. The molecule has 0 saturated carbocycles. The number of aromatic nitrogens is 2. The summed E-state index contributed by atoms with van der Waals surface area (Å²) in [5, 5.41) is 2.79. The molecule has 0 unspecified atom stereocenters. The average Bonchev–Trinajstić information content (AvgIpc) is 3.54. The SMILES string of the molecule is CC[C@H]1OC(=O)[C@H](C)C(=O)[C@H](C)[C@@H](O[C@@H]2O[C@H](C)C[C@H](N(C)C)[C@H]2OC(=O)c2ccccc2)[C@](C)(OCC#CCc2cnccn2)C[C@@H](C)C(=O)[C@H](C)[C@H]2NC(=O)O[C@@]21C. The van der Waals surface area contributed by atoms with Crippen molar-refractivity contribution in [2.75, 3.05) is 20.7 Å². The number of carbonyl (C=O) groups is 5. The van der Waals surface area contributed by atoms with Crippen molar-refractivity contribution in [3.05, 3.63) is 60.2 Å². The van der Waals surface area contributed by atoms with Crippen LogP contribution in [0, 0.1) is 35.5 Å². The number of cyclic esters (lactones) is 1. The van der Waals surface area contributed by atoms with E-state index in [9.17, 15) is 24.0 Å². The Hall–Kier alpha value is -4.75. The van der Waals surface area contributed by atoms with Crippen molar-refractivity contribution in [1.29, 1.82) is 0 Å². The summed E-state index contributed by atoms with van der Waals surface area (Å²) < 4.78 is 38.1. The zero-order valence-electron chi connectivity index (χ0n) is 36.3. The Bertz CT molecular complexity index is 1900. The number of carbonyl (C=O) groups excluding carboxylic acids is 5. The number of Topliss-reactive ketones (excluding diaryl/α,β-unsaturated/α-hetero) is 2. The van der Waals surface area contributed by atoms with Gasteiger partial charge in [-0.25, -0.2) is 9.59 Å². The van der Waals surface area contributed by atoms with Crippen LogP contribution in [0.2, 0.25) is 0 Å². The van der Waals surface area contributed by atoms with Crippen LogP contribution in [0.3, 0.4) is 0 Å². The fourth-order valence-electron chi connectivity index (χ4n) is 8.83. The first-order valence-corrected chi connectivity index (χ1v) is 20.8. The van der Waals surface area contributed by atoms with Crippen LogP contribution in [0.5, 0.6) is 0 Å². The van der Waals surface area contributed by atoms with Gasteiger partial charge in [-0.05, 0) is 73.2 Å². The number of hydrogen-bond acceptors (Lipinski definition) is 14. The smallest absolute Gasteiger partial charge is 0.408 e. The molecule has 1 aromatic heterocycles. The number of amides is 1. The Morgan fingerprint density at radius 1 is 0.983 bits per heavy atom. The van der Waals surface area contributed by atoms with Crippen molar-refractivity contribution in [3.63, 3.8) is 0 Å². The van der Waals surface area contributed by atoms with Gasteiger partial charge in [-0.15, -0.1) is 0 Å². The van der Waals surface area contributed by atoms with Crippen LogP contribution < -0.4 is 5.32 Å². The number of rotatable bonds is 9. The Morgan fingerprint density at radius 2 is 1.70 bits per heavy atom. The molecule has 3 aliphatic heterocycles. The van der Waals surface area contributed by atoms with Crippen LogP contribution in [0.4, 0.5) is 4.79 Å². The van der Waals surface area contributed by atoms with Gasteiger partial charge < -0.3 is 38.6 Å². The lowest BCUT2D eigenvalue weighted by Crippen LogP contribution is -2.61. The van der Waals surface area contributed by atoms with Crippen molar-refractivity contribution < 1.29 is 52.4 Å². The molecule has 0 radical (unpaired) electrons. The van der Waals surface area contributed by atoms with Gasteiger partial charge >= 0.3 is 18.0 Å². The predicted octanol–water partition coefficient (Wildman–Crippen LogP) is 4.75. The lowest BCUT2D eigenvalue weighted by molar-refractivity contribution is -0.295. The van der Waals surface area contributed by atoms with Crippen LogP contribution in [0.1, 0.15) is 90.7 Å². The number of likely N-dealkylation sites (N-methyl/N-ethyl adjacent to an activating group) is 1. The lowest BCUT2D eigenvalue weighted by atomic mass is 9.73. The van der Waals surface area contributed by atoms with E-state index in [1.54, 1.807) is 90.5 Å². The number of esters is 2. The summed E-state index contributed by atoms with van der Waals surface area (Å²) in [6, 6.07) is 7.34. The minimum Gasteiger partial charge on any atom is -0.458 e. The highest BCUT2D eigenvalue weighted by Gasteiger charge is 2.57. The Morgan fingerprint density at radius 3 is 2.35 bits per heavy atom. The van der Waals surface area contributed by atoms with Gasteiger partial charge in [0.1, 0.15) is 24.4 Å². The maximum Gasteiger partial charge on any atom is 0.408 e. The summed E-state index contributed by atoms with van der Waals surface area (Å²) in [4.78, 5) is 79.9. The van der Waals surface area contributed by atoms with E-state index in [0.717, 1.165) is 0 Å². The second-order valence-electron chi connectivity index (χ2n) is 16.9. The topological polar surface area (TPSA) is 182 Å². The van der Waals surface area contributed by atoms with E-state index < -0.39 is 89.3 Å². The van der Waals surface area contributed by atoms with Crippen molar-refractivity contribution in [1.82, 2.24) is 20.2 Å². The summed E-state index contributed by atoms with van der Waals surface area (Å²) in [6.45, 7) is 13.5. The largest absolute Gasteiger partial charge is 0.458 e. The number of hydrogen-bond donors (Lipinski definition) is 1. The highest BCUT2D eigenvalue weighted by molar-refractivity contribution is 6.00. The van der Waals surface area contributed by atoms with Crippen LogP contribution in [-0.4, -0.2) is 119 Å². The van der Waals surface area contributed by atoms with Gasteiger partial charge in [-0.3, -0.25) is 24.4 Å². The average molecular weight is 833 g/mol. The van der Waals surface area contributed by atoms with E-state index in [2.05, 4.69) is 27.1 Å². The quantitative estimate of drug-likeness (QED) is 0.158. The first kappa shape index (κ1) is 46.3. The van der Waals surface area contributed by atoms with E-state index >= 15 is 0 Å². The van der Waals surface area contributed by atoms with Crippen LogP contribution in [0.15, 0.2) is 48.9 Å². The molecule has 3 aliphatic rings. The van der Waals surface area contributed by atoms with Crippen LogP contribution >= 0.6 is 0 Å². The molecule has 3 fully saturated rings. The molecule has 0 spiro atoms. The Kier molecular flexibility index (Phi) is 15.2. The molecule has 4 heterocycles. The maximum atomic E-state index is 14.7. The van der Waals surface area contributed by atoms with Crippen molar-refractivity contribution in [2.45, 2.75) is 135 Å². The second-order valence-corrected chi connectivity index (χ2v) is 16.9. The fourth-order valence-corrected chi connectivity index (χ4v) is 8.83. The standard InChI is InChI=1S/C45H60N4O11/c1-11-34-45(8)38(48-43(54)60-45)28(4)35(50)26(2)24-44(7,55-22-16-15-19-32-25-46-20-21-47-32)39(29(5)36(51)30(6)40(52)57-34)59-42-37(33(49(9)10)23-27(3)56-42)58-41(53)31-17-13-12-14-18-31/h12-14,17-18,20-21,25-30,33-34,37-39,42H,11,19,22-24H2,1-10H3,(H,48,54)/t26-,27-,28+,29+,30-,33+,34-,37-,38-,39-,42+,44-,45-/m1/s1. The highest BCUT2D eigenvalue weighted by Crippen LogP contribution is 2.41. The van der Waals surface area contributed by atoms with Gasteiger partial charge in [0.25, 0.3) is 0 Å². The minimum atomic E-state index is -1.46. The molecular weight excluding hydrogens is 773 g/mol. The Balaban J connectivity index is 1.60. The van der Waals surface area contributed by atoms with Gasteiger partial charge in [0, 0.05) is 36.3 Å². The molecule has 15 nitrogen and oxygen atoms in total. The number of benzene rings is 1. The molecule has 0 bridgehead atoms. The number of nitrogens with zero attached hydrogens (tertiary/aromatic N) is 3. The summed E-state index contributed by atoms with van der Waals surface area (Å²) in [7, 11) is 3.75. The van der Waals surface area contributed by atoms with Crippen molar-refractivity contribution in [3.8, 4) is 11.8 Å². The molecule has 0 aliphatic carbocycles. The maximum absolute atomic E-state index is 14.7. The zero-order chi connectivity index (χ0) is 43.9. The van der Waals surface area contributed by atoms with Gasteiger partial charge in [0.05, 0.1) is 47.6 Å². The molecule has 1 amide bonds. The third kappa shape index (κ3) is 10.4. The fraction of sp³-hybridized carbons (Fsp3) is 0.622. The summed E-state index contributed by atoms with van der Waals surface area (Å²) in [5.74, 6) is 0.0145. The Labute approximate surface area is 352 Å². The van der Waals surface area contributed by atoms with Gasteiger partial charge in [-0.1, -0.05) is 57.7 Å². The number of nitrogens with one attached hydrogen (secondary N) is 1. The molecule has 13 atom stereocenters. The summed E-state index contributed by atoms with van der Waals surface area (Å²) in [6.07, 6.45) is 0.339. The normalized spacial score (nSPS) is 35.2. The number of ether oxygens (including phenoxy) is 6. The van der Waals surface area contributed by atoms with Gasteiger partial charge in [0.15, 0.2) is 23.8 Å². The summed E-state index contributed by atoms with van der Waals surface area (Å²) in [5.41, 5.74) is -1.88. The number of ketones is 2. The second kappa shape index (κ2) is 19.8. The molecular formula is C45H60N4O11. The van der Waals surface area contributed by atoms with E-state index in [4.69, 9.17) is 28.4 Å². The first-order chi connectivity index (χ1) is 28.4. The number of alkyl carbamates (subject to hydrolysis) is 1. The molecule has 15 heteroatoms. The zero-order valence-corrected chi connectivity index (χ0v) is 36.3. The molecule has 1 aromatic carbocycles. The van der Waals surface area contributed by atoms with Gasteiger partial charge in [0.2, 0.25) is 0 Å². The molecule has 2 aromatic rings. The highest BCUT2D eigenvalue weighted by atomic mass is 16.7. The number of fused-ring (bicyclic) bond motifs is 1. The predicted molar refractivity (Wildman–Crippen MR) is 218 cm³/mol.